The predicted octanol–water partition coefficient (Wildman–Crippen LogP) is 1.55. The summed E-state index contributed by atoms with van der Waals surface area (Å²) in [6.07, 6.45) is 7.10. The van der Waals surface area contributed by atoms with Crippen molar-refractivity contribution in [1.82, 2.24) is 10.3 Å². The summed E-state index contributed by atoms with van der Waals surface area (Å²) in [6, 6.07) is 3.80. The van der Waals surface area contributed by atoms with Gasteiger partial charge in [0.1, 0.15) is 0 Å². The molecule has 1 heterocycles. The Morgan fingerprint density at radius 3 is 3.11 bits per heavy atom. The molecule has 0 spiro atoms. The summed E-state index contributed by atoms with van der Waals surface area (Å²) < 4.78 is 0. The maximum Gasteiger partial charge on any atom is 0.251 e. The average molecular weight is 265 g/mol. The minimum atomic E-state index is -0.0150. The number of carbonyl (C=O) groups excluding carboxylic acids is 1. The second-order valence-electron chi connectivity index (χ2n) is 4.58. The van der Waals surface area contributed by atoms with Crippen molar-refractivity contribution < 1.29 is 4.79 Å². The van der Waals surface area contributed by atoms with Crippen LogP contribution in [0.15, 0.2) is 18.3 Å². The number of nitrogens with zero attached hydrogens (tertiary/aromatic N) is 1. The van der Waals surface area contributed by atoms with E-state index in [0.29, 0.717) is 23.4 Å². The Labute approximate surface area is 112 Å². The molecule has 2 atom stereocenters. The van der Waals surface area contributed by atoms with E-state index in [-0.39, 0.29) is 5.91 Å². The number of nitrogens with one attached hydrogen (secondary N) is 1. The second-order valence-corrected chi connectivity index (χ2v) is 5.72. The molecule has 2 unspecified atom stereocenters. The van der Waals surface area contributed by atoms with E-state index >= 15 is 0 Å². The Morgan fingerprint density at radius 1 is 1.61 bits per heavy atom. The van der Waals surface area contributed by atoms with E-state index in [9.17, 15) is 4.79 Å². The summed E-state index contributed by atoms with van der Waals surface area (Å²) in [7, 11) is 0. The van der Waals surface area contributed by atoms with Gasteiger partial charge in [0.05, 0.1) is 5.69 Å². The van der Waals surface area contributed by atoms with Crippen LogP contribution in [0.5, 0.6) is 0 Å². The van der Waals surface area contributed by atoms with Gasteiger partial charge in [0, 0.05) is 29.6 Å². The van der Waals surface area contributed by atoms with E-state index in [0.717, 1.165) is 18.5 Å². The van der Waals surface area contributed by atoms with Gasteiger partial charge in [-0.2, -0.15) is 11.8 Å². The maximum atomic E-state index is 12.1. The van der Waals surface area contributed by atoms with E-state index in [1.54, 1.807) is 18.3 Å². The number of carbonyl (C=O) groups is 1. The molecule has 1 aromatic heterocycles. The number of hydrogen-bond donors (Lipinski definition) is 2. The van der Waals surface area contributed by atoms with E-state index < -0.39 is 0 Å². The monoisotopic (exact) mass is 265 g/mol. The standard InChI is InChI=1S/C13H19N3OS/c1-18-12-3-2-10(7-12)16-13(17)9-4-5-15-11(6-9)8-14/h4-6,10,12H,2-3,7-8,14H2,1H3,(H,16,17). The fraction of sp³-hybridized carbons (Fsp3) is 0.538. The van der Waals surface area contributed by atoms with Gasteiger partial charge in [-0.15, -0.1) is 0 Å². The van der Waals surface area contributed by atoms with E-state index in [2.05, 4.69) is 16.6 Å². The maximum absolute atomic E-state index is 12.1. The molecule has 0 bridgehead atoms. The highest BCUT2D eigenvalue weighted by molar-refractivity contribution is 7.99. The molecule has 18 heavy (non-hydrogen) atoms. The summed E-state index contributed by atoms with van der Waals surface area (Å²) in [4.78, 5) is 16.2. The van der Waals surface area contributed by atoms with Gasteiger partial charge in [-0.25, -0.2) is 0 Å². The molecule has 2 rings (SSSR count). The van der Waals surface area contributed by atoms with Crippen LogP contribution in [0.4, 0.5) is 0 Å². The molecule has 0 aliphatic heterocycles. The van der Waals surface area contributed by atoms with Crippen LogP contribution >= 0.6 is 11.8 Å². The molecule has 5 heteroatoms. The number of rotatable bonds is 4. The van der Waals surface area contributed by atoms with Crippen LogP contribution in [-0.4, -0.2) is 28.4 Å². The van der Waals surface area contributed by atoms with Crippen molar-refractivity contribution in [3.05, 3.63) is 29.6 Å². The molecule has 0 saturated heterocycles. The van der Waals surface area contributed by atoms with Crippen molar-refractivity contribution in [3.63, 3.8) is 0 Å². The summed E-state index contributed by atoms with van der Waals surface area (Å²) in [6.45, 7) is 0.360. The Bertz CT molecular complexity index is 424. The highest BCUT2D eigenvalue weighted by atomic mass is 32.2. The largest absolute Gasteiger partial charge is 0.349 e. The summed E-state index contributed by atoms with van der Waals surface area (Å²) in [5.74, 6) is -0.0150. The number of nitrogens with two attached hydrogens (primary N) is 1. The van der Waals surface area contributed by atoms with E-state index in [1.165, 1.54) is 6.42 Å². The lowest BCUT2D eigenvalue weighted by atomic mass is 10.2. The molecule has 1 aliphatic carbocycles. The lowest BCUT2D eigenvalue weighted by Gasteiger charge is -2.13. The van der Waals surface area contributed by atoms with Crippen molar-refractivity contribution in [2.24, 2.45) is 5.73 Å². The average Bonchev–Trinajstić information content (AvgIpc) is 2.86. The fourth-order valence-electron chi connectivity index (χ4n) is 2.29. The number of hydrogen-bond acceptors (Lipinski definition) is 4. The first kappa shape index (κ1) is 13.4. The van der Waals surface area contributed by atoms with Gasteiger partial charge >= 0.3 is 0 Å². The molecule has 0 aromatic carbocycles. The number of thioether (sulfide) groups is 1. The summed E-state index contributed by atoms with van der Waals surface area (Å²) >= 11 is 1.89. The third-order valence-corrected chi connectivity index (χ3v) is 4.44. The first-order valence-corrected chi connectivity index (χ1v) is 7.50. The molecule has 1 aliphatic rings. The van der Waals surface area contributed by atoms with Crippen LogP contribution in [0.1, 0.15) is 35.3 Å². The molecule has 1 fully saturated rings. The Hall–Kier alpha value is -1.07. The van der Waals surface area contributed by atoms with Crippen molar-refractivity contribution in [3.8, 4) is 0 Å². The Morgan fingerprint density at radius 2 is 2.44 bits per heavy atom. The van der Waals surface area contributed by atoms with Crippen molar-refractivity contribution >= 4 is 17.7 Å². The summed E-state index contributed by atoms with van der Waals surface area (Å²) in [5, 5.41) is 3.78. The van der Waals surface area contributed by atoms with Gasteiger partial charge in [0.25, 0.3) is 5.91 Å². The van der Waals surface area contributed by atoms with Gasteiger partial charge in [-0.1, -0.05) is 0 Å². The van der Waals surface area contributed by atoms with Crippen LogP contribution in [0, 0.1) is 0 Å². The fourth-order valence-corrected chi connectivity index (χ4v) is 3.08. The zero-order valence-corrected chi connectivity index (χ0v) is 11.4. The SMILES string of the molecule is CSC1CCC(NC(=O)c2ccnc(CN)c2)C1. The zero-order valence-electron chi connectivity index (χ0n) is 10.6. The Balaban J connectivity index is 1.95. The highest BCUT2D eigenvalue weighted by Crippen LogP contribution is 2.28. The highest BCUT2D eigenvalue weighted by Gasteiger charge is 2.25. The quantitative estimate of drug-likeness (QED) is 0.867. The Kier molecular flexibility index (Phi) is 4.60. The zero-order chi connectivity index (χ0) is 13.0. The van der Waals surface area contributed by atoms with Crippen LogP contribution in [-0.2, 0) is 6.54 Å². The van der Waals surface area contributed by atoms with E-state index in [4.69, 9.17) is 5.73 Å². The van der Waals surface area contributed by atoms with Crippen LogP contribution in [0.2, 0.25) is 0 Å². The van der Waals surface area contributed by atoms with Crippen molar-refractivity contribution in [2.45, 2.75) is 37.1 Å². The molecule has 3 N–H and O–H groups in total. The molecular weight excluding hydrogens is 246 g/mol. The molecule has 1 saturated carbocycles. The molecule has 1 aromatic rings. The minimum Gasteiger partial charge on any atom is -0.349 e. The predicted molar refractivity (Wildman–Crippen MR) is 74.5 cm³/mol. The van der Waals surface area contributed by atoms with Crippen molar-refractivity contribution in [2.75, 3.05) is 6.26 Å². The van der Waals surface area contributed by atoms with Gasteiger partial charge in [0.15, 0.2) is 0 Å². The lowest BCUT2D eigenvalue weighted by molar-refractivity contribution is 0.0937. The molecule has 4 nitrogen and oxygen atoms in total. The third kappa shape index (κ3) is 3.23. The third-order valence-electron chi connectivity index (χ3n) is 3.34. The van der Waals surface area contributed by atoms with Gasteiger partial charge in [-0.3, -0.25) is 9.78 Å². The summed E-state index contributed by atoms with van der Waals surface area (Å²) in [5.41, 5.74) is 6.92. The van der Waals surface area contributed by atoms with Gasteiger partial charge in [0.2, 0.25) is 0 Å². The van der Waals surface area contributed by atoms with E-state index in [1.807, 2.05) is 11.8 Å². The smallest absolute Gasteiger partial charge is 0.251 e. The topological polar surface area (TPSA) is 68.0 Å². The molecule has 0 radical (unpaired) electrons. The van der Waals surface area contributed by atoms with Crippen molar-refractivity contribution in [1.29, 1.82) is 0 Å². The first-order chi connectivity index (χ1) is 8.72. The number of aromatic nitrogens is 1. The minimum absolute atomic E-state index is 0.0150. The van der Waals surface area contributed by atoms with Gasteiger partial charge < -0.3 is 11.1 Å². The normalized spacial score (nSPS) is 23.0. The lowest BCUT2D eigenvalue weighted by Crippen LogP contribution is -2.33. The molecule has 98 valence electrons. The number of pyridine rings is 1. The molecule has 1 amide bonds. The van der Waals surface area contributed by atoms with Gasteiger partial charge in [-0.05, 0) is 37.7 Å². The number of amides is 1. The van der Waals surface area contributed by atoms with Crippen LogP contribution in [0.3, 0.4) is 0 Å². The van der Waals surface area contributed by atoms with Crippen LogP contribution in [0.25, 0.3) is 0 Å². The first-order valence-electron chi connectivity index (χ1n) is 6.21. The second kappa shape index (κ2) is 6.20. The molecular formula is C13H19N3OS. The van der Waals surface area contributed by atoms with Crippen LogP contribution < -0.4 is 11.1 Å².